The van der Waals surface area contributed by atoms with E-state index in [0.29, 0.717) is 11.8 Å². The molecule has 1 aromatic rings. The first-order valence-corrected chi connectivity index (χ1v) is 4.97. The fraction of sp³-hybridized carbons (Fsp3) is 0.778. The third-order valence-corrected chi connectivity index (χ3v) is 2.81. The van der Waals surface area contributed by atoms with Crippen LogP contribution in [0.5, 0.6) is 0 Å². The standard InChI is InChI=1S/C9H13N3O/c1-2-6(1)8-11-9(13-12-8)7-3-4-10-5-7/h6-7,10H,1-5H2/t7-/m1/s1. The molecule has 2 aliphatic rings. The van der Waals surface area contributed by atoms with Crippen LogP contribution in [0.4, 0.5) is 0 Å². The zero-order valence-corrected chi connectivity index (χ0v) is 7.49. The smallest absolute Gasteiger partial charge is 0.231 e. The average Bonchev–Trinajstić information content (AvgIpc) is 2.72. The predicted octanol–water partition coefficient (Wildman–Crippen LogP) is 1.02. The van der Waals surface area contributed by atoms with E-state index >= 15 is 0 Å². The molecule has 1 atom stereocenters. The molecule has 4 heteroatoms. The summed E-state index contributed by atoms with van der Waals surface area (Å²) in [6, 6.07) is 0. The highest BCUT2D eigenvalue weighted by Gasteiger charge is 2.30. The van der Waals surface area contributed by atoms with Crippen LogP contribution in [0, 0.1) is 0 Å². The molecule has 2 heterocycles. The Labute approximate surface area is 76.7 Å². The molecule has 0 amide bonds. The Morgan fingerprint density at radius 2 is 2.15 bits per heavy atom. The second-order valence-electron chi connectivity index (χ2n) is 3.95. The largest absolute Gasteiger partial charge is 0.339 e. The van der Waals surface area contributed by atoms with Crippen molar-refractivity contribution in [2.45, 2.75) is 31.1 Å². The molecule has 0 aromatic carbocycles. The number of nitrogens with zero attached hydrogens (tertiary/aromatic N) is 2. The first-order valence-electron chi connectivity index (χ1n) is 4.97. The Hall–Kier alpha value is -0.900. The van der Waals surface area contributed by atoms with Gasteiger partial charge in [0, 0.05) is 12.5 Å². The average molecular weight is 179 g/mol. The lowest BCUT2D eigenvalue weighted by molar-refractivity contribution is 0.354. The molecular formula is C9H13N3O. The van der Waals surface area contributed by atoms with Crippen molar-refractivity contribution in [1.29, 1.82) is 0 Å². The fourth-order valence-electron chi connectivity index (χ4n) is 1.79. The molecule has 1 aliphatic carbocycles. The van der Waals surface area contributed by atoms with Gasteiger partial charge in [-0.2, -0.15) is 4.98 Å². The maximum Gasteiger partial charge on any atom is 0.231 e. The van der Waals surface area contributed by atoms with E-state index in [0.717, 1.165) is 31.2 Å². The molecule has 0 radical (unpaired) electrons. The third-order valence-electron chi connectivity index (χ3n) is 2.81. The van der Waals surface area contributed by atoms with Crippen LogP contribution in [-0.4, -0.2) is 23.2 Å². The lowest BCUT2D eigenvalue weighted by atomic mass is 10.1. The second-order valence-corrected chi connectivity index (χ2v) is 3.95. The summed E-state index contributed by atoms with van der Waals surface area (Å²) in [7, 11) is 0. The van der Waals surface area contributed by atoms with E-state index in [9.17, 15) is 0 Å². The van der Waals surface area contributed by atoms with E-state index in [1.165, 1.54) is 12.8 Å². The van der Waals surface area contributed by atoms with Crippen LogP contribution in [-0.2, 0) is 0 Å². The van der Waals surface area contributed by atoms with Crippen LogP contribution >= 0.6 is 0 Å². The Kier molecular flexibility index (Phi) is 1.62. The van der Waals surface area contributed by atoms with Crippen molar-refractivity contribution < 1.29 is 4.52 Å². The predicted molar refractivity (Wildman–Crippen MR) is 46.5 cm³/mol. The summed E-state index contributed by atoms with van der Waals surface area (Å²) in [5.74, 6) is 2.83. The first kappa shape index (κ1) is 7.50. The van der Waals surface area contributed by atoms with Gasteiger partial charge in [-0.05, 0) is 25.8 Å². The second kappa shape index (κ2) is 2.80. The van der Waals surface area contributed by atoms with Crippen LogP contribution in [0.15, 0.2) is 4.52 Å². The van der Waals surface area contributed by atoms with Gasteiger partial charge in [0.15, 0.2) is 5.82 Å². The molecule has 1 aliphatic heterocycles. The van der Waals surface area contributed by atoms with Gasteiger partial charge >= 0.3 is 0 Å². The van der Waals surface area contributed by atoms with E-state index in [1.807, 2.05) is 0 Å². The molecule has 0 spiro atoms. The van der Waals surface area contributed by atoms with Gasteiger partial charge in [-0.1, -0.05) is 5.16 Å². The third kappa shape index (κ3) is 1.35. The van der Waals surface area contributed by atoms with Crippen LogP contribution in [0.3, 0.4) is 0 Å². The van der Waals surface area contributed by atoms with Crippen LogP contribution in [0.25, 0.3) is 0 Å². The van der Waals surface area contributed by atoms with Crippen molar-refractivity contribution in [3.05, 3.63) is 11.7 Å². The quantitative estimate of drug-likeness (QED) is 0.736. The van der Waals surface area contributed by atoms with Gasteiger partial charge in [-0.15, -0.1) is 0 Å². The molecule has 3 rings (SSSR count). The maximum absolute atomic E-state index is 5.25. The van der Waals surface area contributed by atoms with Crippen molar-refractivity contribution in [3.8, 4) is 0 Å². The summed E-state index contributed by atoms with van der Waals surface area (Å²) in [6.45, 7) is 2.07. The number of aromatic nitrogens is 2. The minimum absolute atomic E-state index is 0.458. The number of hydrogen-bond donors (Lipinski definition) is 1. The topological polar surface area (TPSA) is 51.0 Å². The summed E-state index contributed by atoms with van der Waals surface area (Å²) in [5.41, 5.74) is 0. The van der Waals surface area contributed by atoms with Gasteiger partial charge in [0.05, 0.1) is 5.92 Å². The molecule has 4 nitrogen and oxygen atoms in total. The highest BCUT2D eigenvalue weighted by atomic mass is 16.5. The molecule has 2 fully saturated rings. The zero-order chi connectivity index (χ0) is 8.67. The first-order chi connectivity index (χ1) is 6.43. The van der Waals surface area contributed by atoms with Gasteiger partial charge in [0.25, 0.3) is 0 Å². The summed E-state index contributed by atoms with van der Waals surface area (Å²) in [6.07, 6.45) is 3.61. The highest BCUT2D eigenvalue weighted by molar-refractivity contribution is 5.06. The molecule has 1 saturated carbocycles. The molecule has 1 aromatic heterocycles. The highest BCUT2D eigenvalue weighted by Crippen LogP contribution is 2.38. The summed E-state index contributed by atoms with van der Waals surface area (Å²) < 4.78 is 5.25. The van der Waals surface area contributed by atoms with Crippen molar-refractivity contribution in [1.82, 2.24) is 15.5 Å². The van der Waals surface area contributed by atoms with Crippen LogP contribution < -0.4 is 5.32 Å². The lowest BCUT2D eigenvalue weighted by Gasteiger charge is -1.98. The van der Waals surface area contributed by atoms with E-state index < -0.39 is 0 Å². The zero-order valence-electron chi connectivity index (χ0n) is 7.49. The number of hydrogen-bond acceptors (Lipinski definition) is 4. The maximum atomic E-state index is 5.25. The Balaban J connectivity index is 1.79. The molecular weight excluding hydrogens is 166 g/mol. The molecule has 1 saturated heterocycles. The van der Waals surface area contributed by atoms with Crippen LogP contribution in [0.1, 0.15) is 42.8 Å². The Bertz CT molecular complexity index is 300. The lowest BCUT2D eigenvalue weighted by Crippen LogP contribution is -2.08. The van der Waals surface area contributed by atoms with E-state index in [2.05, 4.69) is 15.5 Å². The normalized spacial score (nSPS) is 28.2. The van der Waals surface area contributed by atoms with Gasteiger partial charge < -0.3 is 9.84 Å². The minimum Gasteiger partial charge on any atom is -0.339 e. The van der Waals surface area contributed by atoms with E-state index in [4.69, 9.17) is 4.52 Å². The molecule has 0 bridgehead atoms. The van der Waals surface area contributed by atoms with Gasteiger partial charge in [0.2, 0.25) is 5.89 Å². The number of rotatable bonds is 2. The monoisotopic (exact) mass is 179 g/mol. The summed E-state index contributed by atoms with van der Waals surface area (Å²) >= 11 is 0. The SMILES string of the molecule is C1C[C@@H](c2nc(C3CC3)no2)CN1. The fourth-order valence-corrected chi connectivity index (χ4v) is 1.79. The van der Waals surface area contributed by atoms with Crippen molar-refractivity contribution in [3.63, 3.8) is 0 Å². The van der Waals surface area contributed by atoms with E-state index in [1.54, 1.807) is 0 Å². The van der Waals surface area contributed by atoms with Crippen molar-refractivity contribution in [2.75, 3.05) is 13.1 Å². The van der Waals surface area contributed by atoms with Crippen molar-refractivity contribution >= 4 is 0 Å². The summed E-state index contributed by atoms with van der Waals surface area (Å²) in [5, 5.41) is 7.31. The van der Waals surface area contributed by atoms with Crippen LogP contribution in [0.2, 0.25) is 0 Å². The molecule has 13 heavy (non-hydrogen) atoms. The van der Waals surface area contributed by atoms with Gasteiger partial charge in [0.1, 0.15) is 0 Å². The molecule has 1 N–H and O–H groups in total. The molecule has 0 unspecified atom stereocenters. The number of nitrogens with one attached hydrogen (secondary N) is 1. The van der Waals surface area contributed by atoms with Gasteiger partial charge in [-0.25, -0.2) is 0 Å². The molecule has 70 valence electrons. The van der Waals surface area contributed by atoms with Gasteiger partial charge in [-0.3, -0.25) is 0 Å². The van der Waals surface area contributed by atoms with Crippen molar-refractivity contribution in [2.24, 2.45) is 0 Å². The minimum atomic E-state index is 0.458. The van der Waals surface area contributed by atoms with E-state index in [-0.39, 0.29) is 0 Å². The Morgan fingerprint density at radius 1 is 1.23 bits per heavy atom. The Morgan fingerprint density at radius 3 is 2.85 bits per heavy atom. The summed E-state index contributed by atoms with van der Waals surface area (Å²) in [4.78, 5) is 4.44.